The molecule has 37 heavy (non-hydrogen) atoms. The SMILES string of the molecule is Cc1ccc(NC(=O)c2cccc(C(F)(F)F)c2)cc1N1CC(c2cncc(N3CCOCC3)c2)C=N1. The van der Waals surface area contributed by atoms with Gasteiger partial charge in [-0.3, -0.25) is 14.8 Å². The second-order valence-corrected chi connectivity index (χ2v) is 9.06. The van der Waals surface area contributed by atoms with Gasteiger partial charge in [-0.15, -0.1) is 0 Å². The van der Waals surface area contributed by atoms with Crippen LogP contribution >= 0.6 is 0 Å². The minimum Gasteiger partial charge on any atom is -0.378 e. The lowest BCUT2D eigenvalue weighted by atomic mass is 10.0. The number of anilines is 3. The van der Waals surface area contributed by atoms with Gasteiger partial charge in [-0.25, -0.2) is 0 Å². The average Bonchev–Trinajstić information content (AvgIpc) is 3.40. The first-order valence-electron chi connectivity index (χ1n) is 12.0. The summed E-state index contributed by atoms with van der Waals surface area (Å²) in [4.78, 5) is 19.4. The van der Waals surface area contributed by atoms with Gasteiger partial charge in [-0.2, -0.15) is 18.3 Å². The maximum absolute atomic E-state index is 13.0. The zero-order valence-electron chi connectivity index (χ0n) is 20.2. The highest BCUT2D eigenvalue weighted by Gasteiger charge is 2.31. The molecule has 1 saturated heterocycles. The van der Waals surface area contributed by atoms with Crippen LogP contribution in [0.3, 0.4) is 0 Å². The van der Waals surface area contributed by atoms with E-state index >= 15 is 0 Å². The van der Waals surface area contributed by atoms with Gasteiger partial charge in [0.05, 0.1) is 42.9 Å². The number of ether oxygens (including phenoxy) is 1. The van der Waals surface area contributed by atoms with Crippen LogP contribution in [-0.4, -0.2) is 50.0 Å². The summed E-state index contributed by atoms with van der Waals surface area (Å²) in [5.41, 5.74) is 3.41. The summed E-state index contributed by atoms with van der Waals surface area (Å²) in [6.07, 6.45) is 1.07. The Morgan fingerprint density at radius 1 is 1.08 bits per heavy atom. The van der Waals surface area contributed by atoms with Gasteiger partial charge in [0.2, 0.25) is 0 Å². The number of carbonyl (C=O) groups is 1. The highest BCUT2D eigenvalue weighted by Crippen LogP contribution is 2.32. The van der Waals surface area contributed by atoms with Gasteiger partial charge in [0.1, 0.15) is 0 Å². The van der Waals surface area contributed by atoms with Crippen molar-refractivity contribution in [2.24, 2.45) is 5.10 Å². The number of halogens is 3. The maximum Gasteiger partial charge on any atom is 0.416 e. The van der Waals surface area contributed by atoms with E-state index in [4.69, 9.17) is 4.74 Å². The lowest BCUT2D eigenvalue weighted by Gasteiger charge is -2.29. The first kappa shape index (κ1) is 24.8. The molecular formula is C27H26F3N5O2. The smallest absolute Gasteiger partial charge is 0.378 e. The molecule has 1 fully saturated rings. The van der Waals surface area contributed by atoms with Crippen LogP contribution < -0.4 is 15.2 Å². The number of alkyl halides is 3. The molecule has 0 spiro atoms. The molecule has 1 unspecified atom stereocenters. The Labute approximate surface area is 212 Å². The molecule has 0 radical (unpaired) electrons. The molecule has 1 aromatic heterocycles. The lowest BCUT2D eigenvalue weighted by molar-refractivity contribution is -0.137. The predicted octanol–water partition coefficient (Wildman–Crippen LogP) is 5.09. The Kier molecular flexibility index (Phi) is 6.84. The molecule has 0 saturated carbocycles. The molecule has 0 aliphatic carbocycles. The Bertz CT molecular complexity index is 1320. The third-order valence-electron chi connectivity index (χ3n) is 6.50. The minimum atomic E-state index is -4.52. The fourth-order valence-corrected chi connectivity index (χ4v) is 4.44. The van der Waals surface area contributed by atoms with Crippen molar-refractivity contribution in [1.82, 2.24) is 4.98 Å². The van der Waals surface area contributed by atoms with Crippen molar-refractivity contribution in [3.05, 3.63) is 83.2 Å². The molecule has 192 valence electrons. The number of aromatic nitrogens is 1. The van der Waals surface area contributed by atoms with E-state index in [2.05, 4.69) is 26.4 Å². The summed E-state index contributed by atoms with van der Waals surface area (Å²) < 4.78 is 44.6. The Balaban J connectivity index is 1.29. The number of morpholine rings is 1. The highest BCUT2D eigenvalue weighted by molar-refractivity contribution is 6.04. The minimum absolute atomic E-state index is 0.0382. The average molecular weight is 510 g/mol. The van der Waals surface area contributed by atoms with E-state index in [1.165, 1.54) is 12.1 Å². The number of rotatable bonds is 5. The van der Waals surface area contributed by atoms with Crippen LogP contribution in [0.1, 0.15) is 33.0 Å². The zero-order valence-corrected chi connectivity index (χ0v) is 20.2. The van der Waals surface area contributed by atoms with E-state index in [9.17, 15) is 18.0 Å². The number of nitrogens with zero attached hydrogens (tertiary/aromatic N) is 4. The summed E-state index contributed by atoms with van der Waals surface area (Å²) in [6, 6.07) is 11.8. The third-order valence-corrected chi connectivity index (χ3v) is 6.50. The standard InChI is InChI=1S/C27H26F3N5O2/c1-18-5-6-23(33-26(36)19-3-2-4-22(11-19)27(28,29)30)13-25(18)35-17-21(15-32-35)20-12-24(16-31-14-20)34-7-9-37-10-8-34/h2-6,11-16,21H,7-10,17H2,1H3,(H,33,36). The number of hydrazone groups is 1. The Hall–Kier alpha value is -3.92. The van der Waals surface area contributed by atoms with Crippen molar-refractivity contribution >= 4 is 29.2 Å². The molecule has 2 aliphatic rings. The summed E-state index contributed by atoms with van der Waals surface area (Å²) in [5, 5.41) is 9.16. The van der Waals surface area contributed by atoms with Crippen molar-refractivity contribution in [3.8, 4) is 0 Å². The van der Waals surface area contributed by atoms with E-state index in [1.807, 2.05) is 36.6 Å². The topological polar surface area (TPSA) is 70.1 Å². The first-order valence-corrected chi connectivity index (χ1v) is 12.0. The molecule has 1 amide bonds. The van der Waals surface area contributed by atoms with Crippen molar-refractivity contribution in [2.75, 3.05) is 48.1 Å². The second-order valence-electron chi connectivity index (χ2n) is 9.06. The number of pyridine rings is 1. The molecule has 7 nitrogen and oxygen atoms in total. The van der Waals surface area contributed by atoms with Crippen LogP contribution in [-0.2, 0) is 10.9 Å². The molecule has 10 heteroatoms. The van der Waals surface area contributed by atoms with Gasteiger partial charge in [0, 0.05) is 42.7 Å². The van der Waals surface area contributed by atoms with Gasteiger partial charge in [0.15, 0.2) is 0 Å². The monoisotopic (exact) mass is 509 g/mol. The molecular weight excluding hydrogens is 483 g/mol. The molecule has 1 atom stereocenters. The largest absolute Gasteiger partial charge is 0.416 e. The molecule has 2 aromatic carbocycles. The Morgan fingerprint density at radius 2 is 1.89 bits per heavy atom. The van der Waals surface area contributed by atoms with E-state index < -0.39 is 17.6 Å². The van der Waals surface area contributed by atoms with Crippen LogP contribution in [0.5, 0.6) is 0 Å². The van der Waals surface area contributed by atoms with Gasteiger partial charge in [0.25, 0.3) is 5.91 Å². The number of carbonyl (C=O) groups excluding carboxylic acids is 1. The van der Waals surface area contributed by atoms with Crippen LogP contribution in [0.25, 0.3) is 0 Å². The van der Waals surface area contributed by atoms with Crippen LogP contribution in [0.4, 0.5) is 30.2 Å². The summed E-state index contributed by atoms with van der Waals surface area (Å²) in [5.74, 6) is -0.578. The Morgan fingerprint density at radius 3 is 2.68 bits per heavy atom. The number of benzene rings is 2. The quantitative estimate of drug-likeness (QED) is 0.519. The molecule has 1 N–H and O–H groups in total. The molecule has 3 aromatic rings. The summed E-state index contributed by atoms with van der Waals surface area (Å²) in [7, 11) is 0. The summed E-state index contributed by atoms with van der Waals surface area (Å²) in [6.45, 7) is 5.59. The number of nitrogens with one attached hydrogen (secondary N) is 1. The number of aryl methyl sites for hydroxylation is 1. The number of hydrogen-bond donors (Lipinski definition) is 1. The maximum atomic E-state index is 13.0. The summed E-state index contributed by atoms with van der Waals surface area (Å²) >= 11 is 0. The van der Waals surface area contributed by atoms with Gasteiger partial charge < -0.3 is 15.0 Å². The van der Waals surface area contributed by atoms with Crippen LogP contribution in [0.15, 0.2) is 66.0 Å². The van der Waals surface area contributed by atoms with Crippen LogP contribution in [0, 0.1) is 6.92 Å². The van der Waals surface area contributed by atoms with Gasteiger partial charge in [-0.1, -0.05) is 12.1 Å². The van der Waals surface area contributed by atoms with Gasteiger partial charge in [-0.05, 0) is 54.4 Å². The fraction of sp³-hybridized carbons (Fsp3) is 0.296. The first-order chi connectivity index (χ1) is 17.8. The second kappa shape index (κ2) is 10.2. The van der Waals surface area contributed by atoms with E-state index in [1.54, 1.807) is 12.1 Å². The third kappa shape index (κ3) is 5.59. The van der Waals surface area contributed by atoms with Crippen molar-refractivity contribution in [3.63, 3.8) is 0 Å². The molecule has 2 aliphatic heterocycles. The lowest BCUT2D eigenvalue weighted by Crippen LogP contribution is -2.36. The normalized spacial score (nSPS) is 17.8. The van der Waals surface area contributed by atoms with Crippen LogP contribution in [0.2, 0.25) is 0 Å². The van der Waals surface area contributed by atoms with Gasteiger partial charge >= 0.3 is 6.18 Å². The molecule has 0 bridgehead atoms. The van der Waals surface area contributed by atoms with E-state index in [0.29, 0.717) is 25.4 Å². The van der Waals surface area contributed by atoms with E-state index in [0.717, 1.165) is 47.7 Å². The van der Waals surface area contributed by atoms with E-state index in [-0.39, 0.29) is 11.5 Å². The highest BCUT2D eigenvalue weighted by atomic mass is 19.4. The van der Waals surface area contributed by atoms with Crippen molar-refractivity contribution in [1.29, 1.82) is 0 Å². The number of hydrogen-bond acceptors (Lipinski definition) is 6. The zero-order chi connectivity index (χ0) is 26.0. The molecule has 5 rings (SSSR count). The van der Waals surface area contributed by atoms with Crippen molar-refractivity contribution in [2.45, 2.75) is 19.0 Å². The fourth-order valence-electron chi connectivity index (χ4n) is 4.44. The predicted molar refractivity (Wildman–Crippen MR) is 136 cm³/mol. The van der Waals surface area contributed by atoms with Crippen molar-refractivity contribution < 1.29 is 22.7 Å². The molecule has 3 heterocycles. The number of amides is 1.